The number of nitrogens with zero attached hydrogens (tertiary/aromatic N) is 1. The van der Waals surface area contributed by atoms with Gasteiger partial charge in [0.05, 0.1) is 13.3 Å². The Balaban J connectivity index is 1.77. The molecule has 0 unspecified atom stereocenters. The fourth-order valence-corrected chi connectivity index (χ4v) is 1.78. The summed E-state index contributed by atoms with van der Waals surface area (Å²) in [5, 5.41) is 6.44. The number of hydrogen-bond donors (Lipinski definition) is 2. The van der Waals surface area contributed by atoms with Crippen molar-refractivity contribution in [3.8, 4) is 5.75 Å². The normalized spacial score (nSPS) is 10.3. The fraction of sp³-hybridized carbons (Fsp3) is 0.118. The maximum absolute atomic E-state index is 11.7. The molecule has 2 amide bonds. The van der Waals surface area contributed by atoms with Crippen LogP contribution in [0.4, 0.5) is 5.69 Å². The van der Waals surface area contributed by atoms with E-state index in [0.717, 1.165) is 11.3 Å². The molecule has 0 saturated heterocycles. The Morgan fingerprint density at radius 1 is 1.04 bits per heavy atom. The lowest BCUT2D eigenvalue weighted by Crippen LogP contribution is -2.24. The Kier molecular flexibility index (Phi) is 5.88. The van der Waals surface area contributed by atoms with Gasteiger partial charge in [-0.05, 0) is 42.0 Å². The van der Waals surface area contributed by atoms with Gasteiger partial charge in [0.1, 0.15) is 12.2 Å². The average molecular weight is 311 g/mol. The van der Waals surface area contributed by atoms with Crippen molar-refractivity contribution in [3.05, 3.63) is 60.2 Å². The van der Waals surface area contributed by atoms with Gasteiger partial charge in [0.25, 0.3) is 0 Å². The van der Waals surface area contributed by atoms with Crippen LogP contribution in [0.1, 0.15) is 12.0 Å². The molecule has 118 valence electrons. The molecule has 0 bridgehead atoms. The highest BCUT2D eigenvalue weighted by Crippen LogP contribution is 2.09. The molecule has 2 N–H and O–H groups in total. The second-order valence-corrected chi connectivity index (χ2v) is 4.66. The van der Waals surface area contributed by atoms with Crippen molar-refractivity contribution in [3.63, 3.8) is 0 Å². The van der Waals surface area contributed by atoms with E-state index >= 15 is 0 Å². The zero-order valence-electron chi connectivity index (χ0n) is 12.7. The first-order valence-corrected chi connectivity index (χ1v) is 6.98. The average Bonchev–Trinajstić information content (AvgIpc) is 2.56. The fourth-order valence-electron chi connectivity index (χ4n) is 1.78. The third-order valence-electron chi connectivity index (χ3n) is 2.90. The predicted molar refractivity (Wildman–Crippen MR) is 88.4 cm³/mol. The number of para-hydroxylation sites is 1. The largest absolute Gasteiger partial charge is 0.497 e. The first kappa shape index (κ1) is 16.2. The van der Waals surface area contributed by atoms with E-state index in [1.165, 1.54) is 6.21 Å². The number of carbonyl (C=O) groups is 2. The van der Waals surface area contributed by atoms with Crippen molar-refractivity contribution in [2.24, 2.45) is 5.10 Å². The maximum Gasteiger partial charge on any atom is 0.249 e. The zero-order valence-corrected chi connectivity index (χ0v) is 12.7. The van der Waals surface area contributed by atoms with Gasteiger partial charge in [0.2, 0.25) is 11.8 Å². The number of ether oxygens (including phenoxy) is 1. The van der Waals surface area contributed by atoms with Gasteiger partial charge in [-0.2, -0.15) is 5.10 Å². The van der Waals surface area contributed by atoms with Crippen molar-refractivity contribution in [2.45, 2.75) is 6.42 Å². The molecule has 0 saturated carbocycles. The van der Waals surface area contributed by atoms with Crippen molar-refractivity contribution in [1.82, 2.24) is 5.43 Å². The van der Waals surface area contributed by atoms with Gasteiger partial charge < -0.3 is 10.1 Å². The van der Waals surface area contributed by atoms with E-state index in [1.54, 1.807) is 55.6 Å². The minimum atomic E-state index is -0.483. The van der Waals surface area contributed by atoms with Gasteiger partial charge in [-0.1, -0.05) is 18.2 Å². The van der Waals surface area contributed by atoms with Gasteiger partial charge in [-0.3, -0.25) is 9.59 Å². The molecule has 0 aromatic heterocycles. The molecule has 0 spiro atoms. The monoisotopic (exact) mass is 311 g/mol. The number of methoxy groups -OCH3 is 1. The van der Waals surface area contributed by atoms with E-state index in [0.29, 0.717) is 5.69 Å². The molecule has 0 aliphatic heterocycles. The topological polar surface area (TPSA) is 79.8 Å². The summed E-state index contributed by atoms with van der Waals surface area (Å²) in [7, 11) is 1.59. The summed E-state index contributed by atoms with van der Waals surface area (Å²) >= 11 is 0. The van der Waals surface area contributed by atoms with Gasteiger partial charge in [0.15, 0.2) is 0 Å². The third-order valence-corrected chi connectivity index (χ3v) is 2.90. The number of anilines is 1. The van der Waals surface area contributed by atoms with Crippen molar-refractivity contribution in [2.75, 3.05) is 12.4 Å². The Morgan fingerprint density at radius 3 is 2.39 bits per heavy atom. The lowest BCUT2D eigenvalue weighted by Gasteiger charge is -2.04. The number of amides is 2. The number of hydrogen-bond acceptors (Lipinski definition) is 4. The Hall–Kier alpha value is -3.15. The standard InChI is InChI=1S/C17H17N3O3/c1-23-15-9-7-13(8-10-15)12-18-20-17(22)11-16(21)19-14-5-3-2-4-6-14/h2-10,12H,11H2,1H3,(H,19,21)(H,20,22). The molecule has 0 heterocycles. The zero-order chi connectivity index (χ0) is 16.5. The highest BCUT2D eigenvalue weighted by Gasteiger charge is 2.08. The van der Waals surface area contributed by atoms with Crippen LogP contribution in [0.5, 0.6) is 5.75 Å². The second-order valence-electron chi connectivity index (χ2n) is 4.66. The lowest BCUT2D eigenvalue weighted by atomic mass is 10.2. The highest BCUT2D eigenvalue weighted by atomic mass is 16.5. The van der Waals surface area contributed by atoms with Crippen LogP contribution < -0.4 is 15.5 Å². The molecule has 2 aromatic rings. The van der Waals surface area contributed by atoms with Crippen LogP contribution in [0, 0.1) is 0 Å². The molecule has 2 aromatic carbocycles. The van der Waals surface area contributed by atoms with Crippen LogP contribution in [-0.2, 0) is 9.59 Å². The number of hydrazone groups is 1. The molecule has 0 aliphatic rings. The van der Waals surface area contributed by atoms with Crippen LogP contribution >= 0.6 is 0 Å². The molecule has 23 heavy (non-hydrogen) atoms. The molecule has 6 nitrogen and oxygen atoms in total. The molecule has 0 atom stereocenters. The SMILES string of the molecule is COc1ccc(C=NNC(=O)CC(=O)Nc2ccccc2)cc1. The summed E-state index contributed by atoms with van der Waals surface area (Å²) in [4.78, 5) is 23.3. The third kappa shape index (κ3) is 5.62. The lowest BCUT2D eigenvalue weighted by molar-refractivity contribution is -0.126. The summed E-state index contributed by atoms with van der Waals surface area (Å²) in [5.74, 6) is -0.139. The number of nitrogens with one attached hydrogen (secondary N) is 2. The smallest absolute Gasteiger partial charge is 0.249 e. The Morgan fingerprint density at radius 2 is 1.74 bits per heavy atom. The molecule has 0 radical (unpaired) electrons. The Bertz CT molecular complexity index is 682. The maximum atomic E-state index is 11.7. The molecule has 6 heteroatoms. The van der Waals surface area contributed by atoms with E-state index in [9.17, 15) is 9.59 Å². The summed E-state index contributed by atoms with van der Waals surface area (Å²) < 4.78 is 5.05. The number of rotatable bonds is 6. The molecular formula is C17H17N3O3. The van der Waals surface area contributed by atoms with Crippen molar-refractivity contribution >= 4 is 23.7 Å². The highest BCUT2D eigenvalue weighted by molar-refractivity contribution is 6.03. The van der Waals surface area contributed by atoms with E-state index in [1.807, 2.05) is 6.07 Å². The first-order valence-electron chi connectivity index (χ1n) is 6.98. The van der Waals surface area contributed by atoms with Crippen LogP contribution in [0.2, 0.25) is 0 Å². The quantitative estimate of drug-likeness (QED) is 0.487. The number of benzene rings is 2. The summed E-state index contributed by atoms with van der Waals surface area (Å²) in [6.45, 7) is 0. The molecule has 0 fully saturated rings. The molecule has 2 rings (SSSR count). The van der Waals surface area contributed by atoms with Crippen LogP contribution in [-0.4, -0.2) is 25.1 Å². The van der Waals surface area contributed by atoms with Crippen LogP contribution in [0.25, 0.3) is 0 Å². The van der Waals surface area contributed by atoms with Gasteiger partial charge >= 0.3 is 0 Å². The molecule has 0 aliphatic carbocycles. The van der Waals surface area contributed by atoms with Crippen LogP contribution in [0.15, 0.2) is 59.7 Å². The summed E-state index contributed by atoms with van der Waals surface area (Å²) in [6.07, 6.45) is 1.20. The summed E-state index contributed by atoms with van der Waals surface area (Å²) in [6, 6.07) is 16.1. The predicted octanol–water partition coefficient (Wildman–Crippen LogP) is 2.17. The van der Waals surface area contributed by atoms with Crippen molar-refractivity contribution in [1.29, 1.82) is 0 Å². The second kappa shape index (κ2) is 8.33. The number of carbonyl (C=O) groups excluding carboxylic acids is 2. The van der Waals surface area contributed by atoms with E-state index in [-0.39, 0.29) is 6.42 Å². The minimum absolute atomic E-state index is 0.297. The minimum Gasteiger partial charge on any atom is -0.497 e. The summed E-state index contributed by atoms with van der Waals surface area (Å²) in [5.41, 5.74) is 3.77. The van der Waals surface area contributed by atoms with Crippen molar-refractivity contribution < 1.29 is 14.3 Å². The van der Waals surface area contributed by atoms with Gasteiger partial charge in [0, 0.05) is 5.69 Å². The van der Waals surface area contributed by atoms with Gasteiger partial charge in [-0.15, -0.1) is 0 Å². The van der Waals surface area contributed by atoms with E-state index in [2.05, 4.69) is 15.8 Å². The van der Waals surface area contributed by atoms with E-state index in [4.69, 9.17) is 4.74 Å². The van der Waals surface area contributed by atoms with Gasteiger partial charge in [-0.25, -0.2) is 5.43 Å². The first-order chi connectivity index (χ1) is 11.2. The van der Waals surface area contributed by atoms with E-state index < -0.39 is 11.8 Å². The van der Waals surface area contributed by atoms with Crippen LogP contribution in [0.3, 0.4) is 0 Å². The molecular weight excluding hydrogens is 294 g/mol. The Labute approximate surface area is 134 Å².